The average Bonchev–Trinajstić information content (AvgIpc) is 3.53. The summed E-state index contributed by atoms with van der Waals surface area (Å²) >= 11 is 0. The molecule has 3 N–H and O–H groups in total. The maximum Gasteiger partial charge on any atom is 0.519 e. The summed E-state index contributed by atoms with van der Waals surface area (Å²) in [5.74, 6) is -2.20. The van der Waals surface area contributed by atoms with Crippen LogP contribution in [0.25, 0.3) is 0 Å². The van der Waals surface area contributed by atoms with Crippen molar-refractivity contribution in [3.63, 3.8) is 0 Å². The van der Waals surface area contributed by atoms with Crippen molar-refractivity contribution in [3.05, 3.63) is 23.5 Å². The molecule has 0 aliphatic heterocycles. The van der Waals surface area contributed by atoms with E-state index in [9.17, 15) is 33.6 Å². The molecule has 0 atom stereocenters. The van der Waals surface area contributed by atoms with Crippen LogP contribution in [0.5, 0.6) is 0 Å². The summed E-state index contributed by atoms with van der Waals surface area (Å²) in [7, 11) is 2.44. The third-order valence-electron chi connectivity index (χ3n) is 5.34. The summed E-state index contributed by atoms with van der Waals surface area (Å²) < 4.78 is 40.7. The summed E-state index contributed by atoms with van der Waals surface area (Å²) in [6, 6.07) is 2.64. The fraction of sp³-hybridized carbons (Fsp3) is 0.649. The number of carbonyl (C=O) groups excluding carboxylic acids is 7. The highest BCUT2D eigenvalue weighted by Crippen LogP contribution is 2.16. The molecule has 0 bridgehead atoms. The number of hydrogen-bond donors (Lipinski definition) is 2. The molecule has 1 amide bonds. The predicted octanol–water partition coefficient (Wildman–Crippen LogP) is 5.83. The Morgan fingerprint density at radius 2 is 0.897 bits per heavy atom. The van der Waals surface area contributed by atoms with Crippen LogP contribution >= 0.6 is 0 Å². The van der Waals surface area contributed by atoms with E-state index in [1.54, 1.807) is 104 Å². The summed E-state index contributed by atoms with van der Waals surface area (Å²) in [5, 5.41) is 10.3. The highest BCUT2D eigenvalue weighted by Gasteiger charge is 2.26. The summed E-state index contributed by atoms with van der Waals surface area (Å²) in [5.41, 5.74) is 2.25. The van der Waals surface area contributed by atoms with Crippen LogP contribution in [0.2, 0.25) is 0 Å². The van der Waals surface area contributed by atoms with E-state index < -0.39 is 70.3 Å². The molecule has 2 aromatic heterocycles. The quantitative estimate of drug-likeness (QED) is 0.189. The maximum absolute atomic E-state index is 12.0. The van der Waals surface area contributed by atoms with E-state index in [1.165, 1.54) is 26.4 Å². The van der Waals surface area contributed by atoms with E-state index in [4.69, 9.17) is 29.4 Å². The van der Waals surface area contributed by atoms with Crippen LogP contribution < -0.4 is 11.1 Å². The Labute approximate surface area is 338 Å². The van der Waals surface area contributed by atoms with Gasteiger partial charge >= 0.3 is 42.3 Å². The van der Waals surface area contributed by atoms with E-state index >= 15 is 0 Å². The van der Waals surface area contributed by atoms with Crippen molar-refractivity contribution in [2.45, 2.75) is 145 Å². The first-order valence-corrected chi connectivity index (χ1v) is 17.7. The van der Waals surface area contributed by atoms with E-state index in [0.717, 1.165) is 9.36 Å². The Balaban J connectivity index is 0.000000874. The normalized spacial score (nSPS) is 11.5. The van der Waals surface area contributed by atoms with Gasteiger partial charge in [-0.2, -0.15) is 10.2 Å². The van der Waals surface area contributed by atoms with Crippen LogP contribution in [0.1, 0.15) is 125 Å². The van der Waals surface area contributed by atoms with Gasteiger partial charge in [-0.15, -0.1) is 0 Å². The Morgan fingerprint density at radius 1 is 0.552 bits per heavy atom. The summed E-state index contributed by atoms with van der Waals surface area (Å²) in [6.45, 7) is 25.1. The van der Waals surface area contributed by atoms with Gasteiger partial charge in [-0.1, -0.05) is 0 Å². The fourth-order valence-corrected chi connectivity index (χ4v) is 3.70. The van der Waals surface area contributed by atoms with Crippen LogP contribution in [0.3, 0.4) is 0 Å². The van der Waals surface area contributed by atoms with Crippen LogP contribution in [-0.4, -0.2) is 104 Å². The monoisotopic (exact) mass is 828 g/mol. The maximum atomic E-state index is 12.0. The van der Waals surface area contributed by atoms with Gasteiger partial charge in [0.2, 0.25) is 0 Å². The van der Waals surface area contributed by atoms with Crippen LogP contribution in [0.15, 0.2) is 12.1 Å². The second-order valence-corrected chi connectivity index (χ2v) is 17.0. The van der Waals surface area contributed by atoms with Crippen LogP contribution in [-0.2, 0) is 60.6 Å². The first-order valence-electron chi connectivity index (χ1n) is 17.7. The first-order chi connectivity index (χ1) is 26.0. The van der Waals surface area contributed by atoms with Gasteiger partial charge in [0.25, 0.3) is 0 Å². The molecule has 0 saturated heterocycles. The third-order valence-corrected chi connectivity index (χ3v) is 5.34. The molecule has 0 radical (unpaired) electrons. The lowest BCUT2D eigenvalue weighted by molar-refractivity contribution is -0.157. The molecule has 0 aliphatic carbocycles. The molecule has 21 nitrogen and oxygen atoms in total. The molecular formula is C37H60N6O15. The SMILES string of the molecule is CC(C)(C)OC(=O)OC(=O)OC(C)(C)C.COC(=O)c1cc(N)nn1CC(=O)OC(C)(C)C.COC(=O)c1cc(NC(=O)OC(C)(C)C)nn1CC(=O)OC(C)(C)C. The lowest BCUT2D eigenvalue weighted by Gasteiger charge is -2.20. The highest BCUT2D eigenvalue weighted by molar-refractivity contribution is 5.91. The molecule has 21 heteroatoms. The molecule has 0 unspecified atom stereocenters. The van der Waals surface area contributed by atoms with Crippen molar-refractivity contribution in [2.75, 3.05) is 25.3 Å². The number of methoxy groups -OCH3 is 2. The van der Waals surface area contributed by atoms with Crippen molar-refractivity contribution in [1.29, 1.82) is 0 Å². The third kappa shape index (κ3) is 23.9. The number of esters is 4. The predicted molar refractivity (Wildman–Crippen MR) is 207 cm³/mol. The topological polar surface area (TPSA) is 267 Å². The average molecular weight is 829 g/mol. The van der Waals surface area contributed by atoms with Crippen molar-refractivity contribution < 1.29 is 71.5 Å². The molecule has 2 rings (SSSR count). The molecule has 328 valence electrons. The minimum absolute atomic E-state index is 0.000539. The molecule has 0 aliphatic rings. The van der Waals surface area contributed by atoms with Gasteiger partial charge in [-0.05, 0) is 104 Å². The molecular weight excluding hydrogens is 768 g/mol. The van der Waals surface area contributed by atoms with E-state index in [2.05, 4.69) is 29.7 Å². The number of hydrogen-bond acceptors (Lipinski definition) is 18. The van der Waals surface area contributed by atoms with Gasteiger partial charge < -0.3 is 43.6 Å². The smallest absolute Gasteiger partial charge is 0.464 e. The molecule has 0 spiro atoms. The van der Waals surface area contributed by atoms with Crippen molar-refractivity contribution in [1.82, 2.24) is 19.6 Å². The summed E-state index contributed by atoms with van der Waals surface area (Å²) in [6.07, 6.45) is -2.85. The van der Waals surface area contributed by atoms with Gasteiger partial charge in [-0.3, -0.25) is 14.9 Å². The lowest BCUT2D eigenvalue weighted by Crippen LogP contribution is -2.29. The van der Waals surface area contributed by atoms with Crippen molar-refractivity contribution in [2.24, 2.45) is 0 Å². The number of ether oxygens (including phenoxy) is 8. The number of rotatable bonds is 7. The standard InChI is InChI=1S/C16H25N3O6.C11H17N3O4.C10H18O5/c1-15(2,3)24-12(20)9-19-10(13(21)23-7)8-11(18-19)17-14(22)25-16(4,5)6;1-11(2,3)18-9(15)6-14-7(10(16)17-4)5-8(12)13-14;1-9(2,3)14-7(11)13-8(12)15-10(4,5)6/h8H,9H2,1-7H3,(H,17,18,22);5H,6H2,1-4H3,(H2,12,13);1-6H3. The Kier molecular flexibility index (Phi) is 18.9. The molecule has 0 fully saturated rings. The zero-order valence-corrected chi connectivity index (χ0v) is 36.6. The van der Waals surface area contributed by atoms with Gasteiger partial charge in [-0.25, -0.2) is 33.3 Å². The fourth-order valence-electron chi connectivity index (χ4n) is 3.70. The number of carbonyl (C=O) groups is 7. The minimum Gasteiger partial charge on any atom is -0.464 e. The number of nitrogens with two attached hydrogens (primary N) is 1. The van der Waals surface area contributed by atoms with Crippen LogP contribution in [0.4, 0.5) is 26.0 Å². The zero-order chi connectivity index (χ0) is 45.6. The van der Waals surface area contributed by atoms with Crippen molar-refractivity contribution in [3.8, 4) is 0 Å². The lowest BCUT2D eigenvalue weighted by atomic mass is 10.2. The highest BCUT2D eigenvalue weighted by atomic mass is 16.8. The van der Waals surface area contributed by atoms with Crippen LogP contribution in [0, 0.1) is 0 Å². The van der Waals surface area contributed by atoms with Gasteiger partial charge in [0.05, 0.1) is 14.2 Å². The van der Waals surface area contributed by atoms with Gasteiger partial charge in [0.1, 0.15) is 58.3 Å². The molecule has 2 aromatic rings. The second kappa shape index (κ2) is 21.0. The van der Waals surface area contributed by atoms with Gasteiger partial charge in [0.15, 0.2) is 5.82 Å². The Morgan fingerprint density at radius 3 is 1.24 bits per heavy atom. The van der Waals surface area contributed by atoms with Gasteiger partial charge in [0, 0.05) is 12.1 Å². The first kappa shape index (κ1) is 52.1. The number of nitrogens with zero attached hydrogens (tertiary/aromatic N) is 4. The number of nitrogens with one attached hydrogen (secondary N) is 1. The second-order valence-electron chi connectivity index (χ2n) is 17.0. The van der Waals surface area contributed by atoms with E-state index in [-0.39, 0.29) is 36.1 Å². The molecule has 0 aromatic carbocycles. The summed E-state index contributed by atoms with van der Waals surface area (Å²) in [4.78, 5) is 80.7. The van der Waals surface area contributed by atoms with Crippen molar-refractivity contribution >= 4 is 53.9 Å². The zero-order valence-electron chi connectivity index (χ0n) is 36.6. The number of aromatic nitrogens is 4. The van der Waals surface area contributed by atoms with E-state index in [1.807, 2.05) is 0 Å². The Hall–Kier alpha value is -5.89. The molecule has 0 saturated carbocycles. The molecule has 58 heavy (non-hydrogen) atoms. The number of amides is 1. The molecule has 2 heterocycles. The number of nitrogen functional groups attached to an aromatic ring is 1. The minimum atomic E-state index is -1.06. The Bertz CT molecular complexity index is 1720. The van der Waals surface area contributed by atoms with E-state index in [0.29, 0.717) is 0 Å². The number of anilines is 2. The largest absolute Gasteiger partial charge is 0.519 e.